The first-order valence-electron chi connectivity index (χ1n) is 10.3. The van der Waals surface area contributed by atoms with E-state index in [-0.39, 0.29) is 18.3 Å². The van der Waals surface area contributed by atoms with Crippen LogP contribution in [0.4, 0.5) is 4.79 Å². The molecule has 2 aliphatic rings. The van der Waals surface area contributed by atoms with E-state index in [9.17, 15) is 14.4 Å². The molecule has 1 aromatic carbocycles. The summed E-state index contributed by atoms with van der Waals surface area (Å²) in [6.07, 6.45) is 4.10. The number of nitrogens with zero attached hydrogens (tertiary/aromatic N) is 1. The molecule has 0 bridgehead atoms. The molecule has 2 heterocycles. The Labute approximate surface area is 177 Å². The molecule has 162 valence electrons. The lowest BCUT2D eigenvalue weighted by Gasteiger charge is -2.43. The van der Waals surface area contributed by atoms with Gasteiger partial charge in [0, 0.05) is 32.0 Å². The van der Waals surface area contributed by atoms with Crippen LogP contribution in [0.15, 0.2) is 24.3 Å². The maximum Gasteiger partial charge on any atom is 0.409 e. The summed E-state index contributed by atoms with van der Waals surface area (Å²) in [6.45, 7) is 8.53. The number of ketones is 1. The van der Waals surface area contributed by atoms with Crippen LogP contribution in [-0.4, -0.2) is 53.6 Å². The molecule has 1 spiro atoms. The number of benzene rings is 1. The molecule has 1 fully saturated rings. The molecule has 0 radical (unpaired) electrons. The first kappa shape index (κ1) is 21.9. The second kappa shape index (κ2) is 8.50. The largest absolute Gasteiger partial charge is 0.486 e. The number of ether oxygens (including phenoxy) is 3. The van der Waals surface area contributed by atoms with Gasteiger partial charge in [-0.15, -0.1) is 0 Å². The zero-order chi connectivity index (χ0) is 21.9. The lowest BCUT2D eigenvalue weighted by molar-refractivity contribution is -0.148. The third-order valence-corrected chi connectivity index (χ3v) is 5.13. The van der Waals surface area contributed by atoms with E-state index in [2.05, 4.69) is 0 Å². The Balaban J connectivity index is 1.68. The molecular weight excluding hydrogens is 386 g/mol. The summed E-state index contributed by atoms with van der Waals surface area (Å²) >= 11 is 0. The van der Waals surface area contributed by atoms with Crippen molar-refractivity contribution in [3.8, 4) is 5.75 Å². The molecule has 7 heteroatoms. The van der Waals surface area contributed by atoms with E-state index in [1.807, 2.05) is 0 Å². The molecule has 1 amide bonds. The fraction of sp³-hybridized carbons (Fsp3) is 0.522. The summed E-state index contributed by atoms with van der Waals surface area (Å²) in [6, 6.07) is 5.31. The van der Waals surface area contributed by atoms with Crippen LogP contribution in [0.3, 0.4) is 0 Å². The third-order valence-electron chi connectivity index (χ3n) is 5.13. The van der Waals surface area contributed by atoms with E-state index >= 15 is 0 Å². The molecule has 1 saturated heterocycles. The highest BCUT2D eigenvalue weighted by atomic mass is 16.6. The smallest absolute Gasteiger partial charge is 0.409 e. The molecule has 1 aromatic rings. The van der Waals surface area contributed by atoms with Crippen molar-refractivity contribution in [2.75, 3.05) is 19.7 Å². The van der Waals surface area contributed by atoms with Crippen molar-refractivity contribution in [3.05, 3.63) is 35.4 Å². The van der Waals surface area contributed by atoms with Crippen LogP contribution in [0.2, 0.25) is 0 Å². The van der Waals surface area contributed by atoms with Gasteiger partial charge in [0.25, 0.3) is 0 Å². The van der Waals surface area contributed by atoms with Crippen molar-refractivity contribution in [2.24, 2.45) is 0 Å². The number of likely N-dealkylation sites (tertiary alicyclic amines) is 1. The Bertz CT molecular complexity index is 859. The second-order valence-corrected chi connectivity index (χ2v) is 8.69. The molecule has 0 saturated carbocycles. The number of hydrogen-bond acceptors (Lipinski definition) is 6. The normalized spacial score (nSPS) is 18.1. The van der Waals surface area contributed by atoms with Gasteiger partial charge in [0.15, 0.2) is 5.78 Å². The number of esters is 1. The predicted molar refractivity (Wildman–Crippen MR) is 111 cm³/mol. The lowest BCUT2D eigenvalue weighted by atomic mass is 9.82. The monoisotopic (exact) mass is 415 g/mol. The van der Waals surface area contributed by atoms with Crippen molar-refractivity contribution in [3.63, 3.8) is 0 Å². The van der Waals surface area contributed by atoms with Crippen LogP contribution in [-0.2, 0) is 14.3 Å². The molecular formula is C23H29NO6. The Morgan fingerprint density at radius 3 is 2.57 bits per heavy atom. The second-order valence-electron chi connectivity index (χ2n) is 8.69. The number of fused-ring (bicyclic) bond motifs is 1. The highest BCUT2D eigenvalue weighted by Gasteiger charge is 2.43. The molecule has 2 aliphatic heterocycles. The Morgan fingerprint density at radius 1 is 1.23 bits per heavy atom. The fourth-order valence-corrected chi connectivity index (χ4v) is 3.71. The van der Waals surface area contributed by atoms with Crippen molar-refractivity contribution < 1.29 is 28.6 Å². The van der Waals surface area contributed by atoms with E-state index in [0.717, 1.165) is 5.56 Å². The van der Waals surface area contributed by atoms with E-state index < -0.39 is 17.2 Å². The fourth-order valence-electron chi connectivity index (χ4n) is 3.71. The highest BCUT2D eigenvalue weighted by molar-refractivity contribution is 6.01. The van der Waals surface area contributed by atoms with Crippen molar-refractivity contribution in [2.45, 2.75) is 58.2 Å². The van der Waals surface area contributed by atoms with E-state index in [4.69, 9.17) is 14.2 Å². The summed E-state index contributed by atoms with van der Waals surface area (Å²) in [5.41, 5.74) is 0.101. The van der Waals surface area contributed by atoms with E-state index in [1.54, 1.807) is 56.9 Å². The molecule has 7 nitrogen and oxygen atoms in total. The van der Waals surface area contributed by atoms with Crippen LogP contribution < -0.4 is 4.74 Å². The number of Topliss-reactive ketones (excluding diaryl/α,β-unsaturated/α-hetero) is 1. The average Bonchev–Trinajstić information content (AvgIpc) is 2.66. The predicted octanol–water partition coefficient (Wildman–Crippen LogP) is 4.00. The topological polar surface area (TPSA) is 82.1 Å². The first-order valence-corrected chi connectivity index (χ1v) is 10.3. The number of carbonyl (C=O) groups is 3. The van der Waals surface area contributed by atoms with Gasteiger partial charge in [-0.05, 0) is 51.5 Å². The van der Waals surface area contributed by atoms with Crippen molar-refractivity contribution in [1.82, 2.24) is 4.90 Å². The number of rotatable bonds is 3. The molecule has 0 atom stereocenters. The molecule has 0 aromatic heterocycles. The number of carbonyl (C=O) groups excluding carboxylic acids is 3. The summed E-state index contributed by atoms with van der Waals surface area (Å²) < 4.78 is 16.6. The zero-order valence-corrected chi connectivity index (χ0v) is 18.0. The summed E-state index contributed by atoms with van der Waals surface area (Å²) in [5.74, 6) is 0.119. The minimum absolute atomic E-state index is 0.00773. The number of hydrogen-bond donors (Lipinski definition) is 0. The molecule has 30 heavy (non-hydrogen) atoms. The van der Waals surface area contributed by atoms with Crippen molar-refractivity contribution >= 4 is 23.9 Å². The molecule has 0 aliphatic carbocycles. The first-order chi connectivity index (χ1) is 14.1. The average molecular weight is 415 g/mol. The number of piperidine rings is 1. The van der Waals surface area contributed by atoms with E-state index in [0.29, 0.717) is 43.9 Å². The van der Waals surface area contributed by atoms with E-state index in [1.165, 1.54) is 6.08 Å². The van der Waals surface area contributed by atoms with Crippen LogP contribution in [0.25, 0.3) is 6.08 Å². The minimum atomic E-state index is -0.582. The lowest BCUT2D eigenvalue weighted by Crippen LogP contribution is -2.52. The summed E-state index contributed by atoms with van der Waals surface area (Å²) in [7, 11) is 0. The van der Waals surface area contributed by atoms with Crippen LogP contribution in [0, 0.1) is 0 Å². The van der Waals surface area contributed by atoms with Gasteiger partial charge < -0.3 is 19.1 Å². The van der Waals surface area contributed by atoms with Gasteiger partial charge in [0.05, 0.1) is 18.6 Å². The third kappa shape index (κ3) is 5.20. The van der Waals surface area contributed by atoms with Gasteiger partial charge in [0.1, 0.15) is 17.0 Å². The van der Waals surface area contributed by atoms with Crippen molar-refractivity contribution in [1.29, 1.82) is 0 Å². The van der Waals surface area contributed by atoms with Gasteiger partial charge in [-0.1, -0.05) is 6.07 Å². The SMILES string of the molecule is CCOC(=O)N1CCC2(CC1)CC(=O)c1cc(/C=C/C(=O)OC(C)(C)C)ccc1O2. The standard InChI is InChI=1S/C23H29NO6/c1-5-28-21(27)24-12-10-23(11-13-24)15-18(25)17-14-16(6-8-19(17)29-23)7-9-20(26)30-22(2,3)4/h6-9,14H,5,10-13,15H2,1-4H3/b9-7+. The molecule has 0 unspecified atom stereocenters. The Hall–Kier alpha value is -2.83. The maximum atomic E-state index is 12.9. The van der Waals surface area contributed by atoms with Crippen LogP contribution in [0.1, 0.15) is 62.9 Å². The van der Waals surface area contributed by atoms with Crippen LogP contribution in [0.5, 0.6) is 5.75 Å². The Morgan fingerprint density at radius 2 is 1.93 bits per heavy atom. The van der Waals surface area contributed by atoms with Crippen LogP contribution >= 0.6 is 0 Å². The summed E-state index contributed by atoms with van der Waals surface area (Å²) in [4.78, 5) is 38.3. The quantitative estimate of drug-likeness (QED) is 0.548. The minimum Gasteiger partial charge on any atom is -0.486 e. The van der Waals surface area contributed by atoms with Gasteiger partial charge in [-0.2, -0.15) is 0 Å². The summed E-state index contributed by atoms with van der Waals surface area (Å²) in [5, 5.41) is 0. The zero-order valence-electron chi connectivity index (χ0n) is 18.0. The van der Waals surface area contributed by atoms with Gasteiger partial charge in [-0.25, -0.2) is 9.59 Å². The highest BCUT2D eigenvalue weighted by Crippen LogP contribution is 2.39. The maximum absolute atomic E-state index is 12.9. The van der Waals surface area contributed by atoms with Gasteiger partial charge in [-0.3, -0.25) is 4.79 Å². The van der Waals surface area contributed by atoms with Gasteiger partial charge >= 0.3 is 12.1 Å². The molecule has 0 N–H and O–H groups in total. The number of amides is 1. The van der Waals surface area contributed by atoms with Gasteiger partial charge in [0.2, 0.25) is 0 Å². The molecule has 3 rings (SSSR count). The Kier molecular flexibility index (Phi) is 6.19.